The van der Waals surface area contributed by atoms with E-state index >= 15 is 0 Å². The molecule has 0 aromatic carbocycles. The summed E-state index contributed by atoms with van der Waals surface area (Å²) in [7, 11) is 0. The molecule has 0 radical (unpaired) electrons. The third-order valence-electron chi connectivity index (χ3n) is 1.85. The quantitative estimate of drug-likeness (QED) is 0.475. The number of pyridine rings is 1. The van der Waals surface area contributed by atoms with Crippen molar-refractivity contribution < 1.29 is 4.74 Å². The number of nitrogens with one attached hydrogen (secondary N) is 1. The van der Waals surface area contributed by atoms with Crippen molar-refractivity contribution in [1.82, 2.24) is 10.3 Å². The number of rotatable bonds is 7. The van der Waals surface area contributed by atoms with Gasteiger partial charge in [-0.15, -0.1) is 0 Å². The van der Waals surface area contributed by atoms with E-state index in [2.05, 4.69) is 32.8 Å². The predicted molar refractivity (Wildman–Crippen MR) is 69.3 cm³/mol. The van der Waals surface area contributed by atoms with Gasteiger partial charge in [0.05, 0.1) is 18.9 Å². The lowest BCUT2D eigenvalue weighted by Crippen LogP contribution is -2.20. The summed E-state index contributed by atoms with van der Waals surface area (Å²) >= 11 is 3.34. The van der Waals surface area contributed by atoms with E-state index in [4.69, 9.17) is 4.74 Å². The molecule has 1 aromatic heterocycles. The molecule has 0 aliphatic rings. The molecule has 1 heterocycles. The first-order chi connectivity index (χ1) is 7.68. The lowest BCUT2D eigenvalue weighted by molar-refractivity contribution is 0.157. The van der Waals surface area contributed by atoms with Gasteiger partial charge < -0.3 is 10.1 Å². The van der Waals surface area contributed by atoms with Gasteiger partial charge in [0.15, 0.2) is 0 Å². The van der Waals surface area contributed by atoms with Gasteiger partial charge in [-0.05, 0) is 35.0 Å². The number of aromatic nitrogens is 1. The van der Waals surface area contributed by atoms with E-state index in [0.29, 0.717) is 13.2 Å². The second-order valence-corrected chi connectivity index (χ2v) is 4.45. The minimum atomic E-state index is 0.636. The minimum absolute atomic E-state index is 0.636. The number of hydrogen-bond acceptors (Lipinski definition) is 3. The fraction of sp³-hybridized carbons (Fsp3) is 0.417. The van der Waals surface area contributed by atoms with Crippen molar-refractivity contribution in [1.29, 1.82) is 0 Å². The normalized spacial score (nSPS) is 10.4. The molecule has 0 aliphatic carbocycles. The molecule has 0 amide bonds. The summed E-state index contributed by atoms with van der Waals surface area (Å²) in [5.41, 5.74) is 2.07. The molecule has 1 aromatic rings. The van der Waals surface area contributed by atoms with Crippen molar-refractivity contribution in [3.63, 3.8) is 0 Å². The highest BCUT2D eigenvalue weighted by atomic mass is 79.9. The Morgan fingerprint density at radius 3 is 3.06 bits per heavy atom. The molecular weight excluding hydrogens is 268 g/mol. The van der Waals surface area contributed by atoms with Gasteiger partial charge in [0.2, 0.25) is 0 Å². The number of nitrogens with zero attached hydrogens (tertiary/aromatic N) is 1. The van der Waals surface area contributed by atoms with E-state index in [-0.39, 0.29) is 0 Å². The summed E-state index contributed by atoms with van der Waals surface area (Å²) in [4.78, 5) is 4.32. The van der Waals surface area contributed by atoms with Crippen molar-refractivity contribution in [2.45, 2.75) is 13.5 Å². The predicted octanol–water partition coefficient (Wildman–Crippen LogP) is 2.53. The molecule has 0 atom stereocenters. The Labute approximate surface area is 105 Å². The van der Waals surface area contributed by atoms with Crippen LogP contribution in [0, 0.1) is 0 Å². The number of halogens is 1. The average Bonchev–Trinajstić information content (AvgIpc) is 2.23. The average molecular weight is 285 g/mol. The van der Waals surface area contributed by atoms with Gasteiger partial charge in [-0.1, -0.05) is 18.2 Å². The van der Waals surface area contributed by atoms with E-state index in [1.807, 2.05) is 25.1 Å². The molecule has 4 heteroatoms. The van der Waals surface area contributed by atoms with Crippen LogP contribution in [0.25, 0.3) is 0 Å². The summed E-state index contributed by atoms with van der Waals surface area (Å²) in [5.74, 6) is 0. The highest BCUT2D eigenvalue weighted by Gasteiger charge is 1.95. The van der Waals surface area contributed by atoms with Crippen LogP contribution < -0.4 is 5.32 Å². The van der Waals surface area contributed by atoms with Crippen molar-refractivity contribution >= 4 is 15.9 Å². The molecular formula is C12H17BrN2O. The largest absolute Gasteiger partial charge is 0.376 e. The van der Waals surface area contributed by atoms with E-state index in [1.165, 1.54) is 0 Å². The molecule has 0 spiro atoms. The molecule has 0 unspecified atom stereocenters. The highest BCUT2D eigenvalue weighted by Crippen LogP contribution is 2.05. The third kappa shape index (κ3) is 6.00. The van der Waals surface area contributed by atoms with Crippen LogP contribution in [0.3, 0.4) is 0 Å². The smallest absolute Gasteiger partial charge is 0.106 e. The van der Waals surface area contributed by atoms with Crippen LogP contribution in [-0.2, 0) is 11.3 Å². The topological polar surface area (TPSA) is 34.1 Å². The van der Waals surface area contributed by atoms with Crippen molar-refractivity contribution in [2.75, 3.05) is 19.8 Å². The molecule has 3 nitrogen and oxygen atoms in total. The molecule has 88 valence electrons. The third-order valence-corrected chi connectivity index (χ3v) is 2.29. The molecule has 0 saturated carbocycles. The van der Waals surface area contributed by atoms with Crippen molar-refractivity contribution in [3.05, 3.63) is 40.6 Å². The van der Waals surface area contributed by atoms with Crippen LogP contribution in [0.4, 0.5) is 0 Å². The summed E-state index contributed by atoms with van der Waals surface area (Å²) in [6.07, 6.45) is 0. The van der Waals surface area contributed by atoms with E-state index in [0.717, 1.165) is 29.0 Å². The van der Waals surface area contributed by atoms with Crippen LogP contribution in [0.2, 0.25) is 0 Å². The van der Waals surface area contributed by atoms with Gasteiger partial charge in [0.25, 0.3) is 0 Å². The maximum Gasteiger partial charge on any atom is 0.106 e. The van der Waals surface area contributed by atoms with Gasteiger partial charge in [-0.3, -0.25) is 0 Å². The zero-order valence-electron chi connectivity index (χ0n) is 9.50. The standard InChI is InChI=1S/C12H17BrN2O/c1-10(2)9-16-7-6-14-8-11-4-3-5-12(13)15-11/h3-5,14H,1,6-9H2,2H3. The number of ether oxygens (including phenoxy) is 1. The van der Waals surface area contributed by atoms with E-state index < -0.39 is 0 Å². The second kappa shape index (κ2) is 7.54. The van der Waals surface area contributed by atoms with Crippen LogP contribution in [0.5, 0.6) is 0 Å². The lowest BCUT2D eigenvalue weighted by Gasteiger charge is -2.05. The minimum Gasteiger partial charge on any atom is -0.376 e. The second-order valence-electron chi connectivity index (χ2n) is 3.64. The zero-order chi connectivity index (χ0) is 11.8. The fourth-order valence-electron chi connectivity index (χ4n) is 1.16. The molecule has 0 bridgehead atoms. The van der Waals surface area contributed by atoms with Gasteiger partial charge in [0.1, 0.15) is 4.60 Å². The lowest BCUT2D eigenvalue weighted by atomic mass is 10.3. The van der Waals surface area contributed by atoms with Crippen LogP contribution in [-0.4, -0.2) is 24.7 Å². The van der Waals surface area contributed by atoms with Crippen molar-refractivity contribution in [2.24, 2.45) is 0 Å². The molecule has 1 N–H and O–H groups in total. The maximum absolute atomic E-state index is 5.37. The molecule has 0 fully saturated rings. The SMILES string of the molecule is C=C(C)COCCNCc1cccc(Br)n1. The summed E-state index contributed by atoms with van der Waals surface area (Å²) < 4.78 is 6.23. The Morgan fingerprint density at radius 2 is 2.38 bits per heavy atom. The first-order valence-electron chi connectivity index (χ1n) is 5.23. The Bertz CT molecular complexity index is 342. The Morgan fingerprint density at radius 1 is 1.56 bits per heavy atom. The molecule has 0 aliphatic heterocycles. The summed E-state index contributed by atoms with van der Waals surface area (Å²) in [5, 5.41) is 3.26. The van der Waals surface area contributed by atoms with Gasteiger partial charge in [0, 0.05) is 13.1 Å². The van der Waals surface area contributed by atoms with Crippen LogP contribution in [0.15, 0.2) is 35.0 Å². The molecule has 16 heavy (non-hydrogen) atoms. The Balaban J connectivity index is 2.09. The van der Waals surface area contributed by atoms with E-state index in [9.17, 15) is 0 Å². The molecule has 0 saturated heterocycles. The molecule has 1 rings (SSSR count). The van der Waals surface area contributed by atoms with Crippen LogP contribution in [0.1, 0.15) is 12.6 Å². The maximum atomic E-state index is 5.37. The highest BCUT2D eigenvalue weighted by molar-refractivity contribution is 9.10. The number of hydrogen-bond donors (Lipinski definition) is 1. The van der Waals surface area contributed by atoms with Gasteiger partial charge in [-0.25, -0.2) is 4.98 Å². The zero-order valence-corrected chi connectivity index (χ0v) is 11.1. The monoisotopic (exact) mass is 284 g/mol. The summed E-state index contributed by atoms with van der Waals surface area (Å²) in [6.45, 7) is 8.64. The van der Waals surface area contributed by atoms with Crippen molar-refractivity contribution in [3.8, 4) is 0 Å². The van der Waals surface area contributed by atoms with Crippen LogP contribution >= 0.6 is 15.9 Å². The first-order valence-corrected chi connectivity index (χ1v) is 6.02. The van der Waals surface area contributed by atoms with Gasteiger partial charge in [-0.2, -0.15) is 0 Å². The van der Waals surface area contributed by atoms with Gasteiger partial charge >= 0.3 is 0 Å². The summed E-state index contributed by atoms with van der Waals surface area (Å²) in [6, 6.07) is 5.89. The first kappa shape index (κ1) is 13.4. The Kier molecular flexibility index (Phi) is 6.30. The Hall–Kier alpha value is -0.710. The van der Waals surface area contributed by atoms with E-state index in [1.54, 1.807) is 0 Å². The fourth-order valence-corrected chi connectivity index (χ4v) is 1.54.